The largest absolute Gasteiger partial charge is 0.378 e. The van der Waals surface area contributed by atoms with Crippen molar-refractivity contribution in [3.63, 3.8) is 0 Å². The Balaban J connectivity index is 2.06. The number of aromatic amines is 1. The number of H-pyrrole nitrogens is 1. The third-order valence-corrected chi connectivity index (χ3v) is 2.28. The highest BCUT2D eigenvalue weighted by Crippen LogP contribution is 2.14. The van der Waals surface area contributed by atoms with Crippen LogP contribution in [-0.2, 0) is 6.54 Å². The lowest BCUT2D eigenvalue weighted by Gasteiger charge is -2.06. The van der Waals surface area contributed by atoms with Crippen molar-refractivity contribution in [3.8, 4) is 0 Å². The first-order chi connectivity index (χ1) is 7.27. The molecule has 0 bridgehead atoms. The van der Waals surface area contributed by atoms with Gasteiger partial charge < -0.3 is 5.32 Å². The van der Waals surface area contributed by atoms with Crippen LogP contribution >= 0.6 is 0 Å². The van der Waals surface area contributed by atoms with Gasteiger partial charge >= 0.3 is 0 Å². The molecule has 3 nitrogen and oxygen atoms in total. The van der Waals surface area contributed by atoms with Crippen molar-refractivity contribution < 1.29 is 4.39 Å². The number of rotatable bonds is 3. The van der Waals surface area contributed by atoms with E-state index in [9.17, 15) is 4.39 Å². The number of para-hydroxylation sites is 1. The van der Waals surface area contributed by atoms with E-state index in [0.29, 0.717) is 12.2 Å². The van der Waals surface area contributed by atoms with E-state index >= 15 is 0 Å². The van der Waals surface area contributed by atoms with Gasteiger partial charge in [-0.1, -0.05) is 12.1 Å². The molecular formula is C11H12FN3. The molecule has 2 N–H and O–H groups in total. The van der Waals surface area contributed by atoms with Crippen molar-refractivity contribution in [1.29, 1.82) is 0 Å². The molecule has 0 spiro atoms. The lowest BCUT2D eigenvalue weighted by Crippen LogP contribution is -2.01. The minimum absolute atomic E-state index is 0.237. The van der Waals surface area contributed by atoms with E-state index in [2.05, 4.69) is 15.5 Å². The van der Waals surface area contributed by atoms with E-state index in [1.54, 1.807) is 24.4 Å². The SMILES string of the molecule is Cc1[nH]ncc1CNc1ccccc1F. The van der Waals surface area contributed by atoms with Gasteiger partial charge in [-0.2, -0.15) is 5.10 Å². The van der Waals surface area contributed by atoms with E-state index in [1.807, 2.05) is 6.92 Å². The highest BCUT2D eigenvalue weighted by atomic mass is 19.1. The molecule has 0 saturated carbocycles. The maximum atomic E-state index is 13.2. The number of aromatic nitrogens is 2. The maximum Gasteiger partial charge on any atom is 0.146 e. The number of aryl methyl sites for hydroxylation is 1. The van der Waals surface area contributed by atoms with Crippen LogP contribution in [0.15, 0.2) is 30.5 Å². The summed E-state index contributed by atoms with van der Waals surface area (Å²) in [6, 6.07) is 6.62. The third kappa shape index (κ3) is 2.15. The zero-order valence-corrected chi connectivity index (χ0v) is 8.42. The molecule has 0 amide bonds. The molecular weight excluding hydrogens is 193 g/mol. The average Bonchev–Trinajstić information content (AvgIpc) is 2.63. The maximum absolute atomic E-state index is 13.2. The summed E-state index contributed by atoms with van der Waals surface area (Å²) in [7, 11) is 0. The Hall–Kier alpha value is -1.84. The number of nitrogens with one attached hydrogen (secondary N) is 2. The monoisotopic (exact) mass is 205 g/mol. The number of anilines is 1. The van der Waals surface area contributed by atoms with Crippen LogP contribution in [0, 0.1) is 12.7 Å². The van der Waals surface area contributed by atoms with Gasteiger partial charge in [0.15, 0.2) is 0 Å². The van der Waals surface area contributed by atoms with E-state index < -0.39 is 0 Å². The van der Waals surface area contributed by atoms with Gasteiger partial charge in [-0.25, -0.2) is 4.39 Å². The lowest BCUT2D eigenvalue weighted by atomic mass is 10.2. The summed E-state index contributed by atoms with van der Waals surface area (Å²) in [5, 5.41) is 9.75. The Morgan fingerprint density at radius 2 is 2.20 bits per heavy atom. The van der Waals surface area contributed by atoms with Crippen LogP contribution in [0.5, 0.6) is 0 Å². The molecule has 0 fully saturated rings. The van der Waals surface area contributed by atoms with Crippen LogP contribution < -0.4 is 5.32 Å². The van der Waals surface area contributed by atoms with Crippen molar-refractivity contribution in [3.05, 3.63) is 47.5 Å². The summed E-state index contributed by atoms with van der Waals surface area (Å²) in [4.78, 5) is 0. The molecule has 1 aromatic heterocycles. The highest BCUT2D eigenvalue weighted by Gasteiger charge is 2.02. The minimum Gasteiger partial charge on any atom is -0.378 e. The summed E-state index contributed by atoms with van der Waals surface area (Å²) >= 11 is 0. The molecule has 0 unspecified atom stereocenters. The Morgan fingerprint density at radius 3 is 2.87 bits per heavy atom. The predicted molar refractivity (Wildman–Crippen MR) is 57.1 cm³/mol. The normalized spacial score (nSPS) is 10.3. The number of halogens is 1. The smallest absolute Gasteiger partial charge is 0.146 e. The Morgan fingerprint density at radius 1 is 1.40 bits per heavy atom. The van der Waals surface area contributed by atoms with Crippen LogP contribution in [0.1, 0.15) is 11.3 Å². The van der Waals surface area contributed by atoms with Crippen molar-refractivity contribution in [1.82, 2.24) is 10.2 Å². The number of hydrogen-bond donors (Lipinski definition) is 2. The van der Waals surface area contributed by atoms with E-state index in [-0.39, 0.29) is 5.82 Å². The molecule has 2 aromatic rings. The average molecular weight is 205 g/mol. The molecule has 0 saturated heterocycles. The van der Waals surface area contributed by atoms with Gasteiger partial charge in [0.05, 0.1) is 11.9 Å². The first kappa shape index (κ1) is 9.71. The molecule has 4 heteroatoms. The molecule has 0 aliphatic carbocycles. The molecule has 0 radical (unpaired) electrons. The molecule has 1 aromatic carbocycles. The quantitative estimate of drug-likeness (QED) is 0.808. The molecule has 78 valence electrons. The zero-order valence-electron chi connectivity index (χ0n) is 8.42. The van der Waals surface area contributed by atoms with Crippen LogP contribution in [-0.4, -0.2) is 10.2 Å². The molecule has 0 aliphatic heterocycles. The molecule has 0 atom stereocenters. The fourth-order valence-electron chi connectivity index (χ4n) is 1.35. The van der Waals surface area contributed by atoms with Gasteiger partial charge in [-0.15, -0.1) is 0 Å². The second-order valence-electron chi connectivity index (χ2n) is 3.35. The summed E-state index contributed by atoms with van der Waals surface area (Å²) in [5.74, 6) is -0.237. The fourth-order valence-corrected chi connectivity index (χ4v) is 1.35. The minimum atomic E-state index is -0.237. The van der Waals surface area contributed by atoms with Crippen LogP contribution in [0.4, 0.5) is 10.1 Å². The van der Waals surface area contributed by atoms with Crippen molar-refractivity contribution in [2.75, 3.05) is 5.32 Å². The lowest BCUT2D eigenvalue weighted by molar-refractivity contribution is 0.630. The second kappa shape index (κ2) is 4.13. The van der Waals surface area contributed by atoms with Gasteiger partial charge in [0.1, 0.15) is 5.82 Å². The summed E-state index contributed by atoms with van der Waals surface area (Å²) in [6.07, 6.45) is 1.74. The first-order valence-electron chi connectivity index (χ1n) is 4.74. The fraction of sp³-hybridized carbons (Fsp3) is 0.182. The number of hydrogen-bond acceptors (Lipinski definition) is 2. The summed E-state index contributed by atoms with van der Waals surface area (Å²) in [6.45, 7) is 2.51. The van der Waals surface area contributed by atoms with Crippen LogP contribution in [0.3, 0.4) is 0 Å². The van der Waals surface area contributed by atoms with Gasteiger partial charge in [0.2, 0.25) is 0 Å². The second-order valence-corrected chi connectivity index (χ2v) is 3.35. The van der Waals surface area contributed by atoms with E-state index in [0.717, 1.165) is 11.3 Å². The highest BCUT2D eigenvalue weighted by molar-refractivity contribution is 5.44. The molecule has 2 rings (SSSR count). The predicted octanol–water partition coefficient (Wildman–Crippen LogP) is 2.47. The zero-order chi connectivity index (χ0) is 10.7. The van der Waals surface area contributed by atoms with E-state index in [1.165, 1.54) is 6.07 Å². The Labute approximate surface area is 87.3 Å². The van der Waals surface area contributed by atoms with Crippen molar-refractivity contribution in [2.45, 2.75) is 13.5 Å². The topological polar surface area (TPSA) is 40.7 Å². The number of benzene rings is 1. The van der Waals surface area contributed by atoms with Gasteiger partial charge in [0.25, 0.3) is 0 Å². The van der Waals surface area contributed by atoms with Gasteiger partial charge in [-0.05, 0) is 19.1 Å². The molecule has 0 aliphatic rings. The Kier molecular flexibility index (Phi) is 2.67. The Bertz CT molecular complexity index is 451. The number of nitrogens with zero attached hydrogens (tertiary/aromatic N) is 1. The third-order valence-electron chi connectivity index (χ3n) is 2.28. The van der Waals surface area contributed by atoms with Gasteiger partial charge in [-0.3, -0.25) is 5.10 Å². The van der Waals surface area contributed by atoms with Crippen LogP contribution in [0.2, 0.25) is 0 Å². The summed E-state index contributed by atoms with van der Waals surface area (Å²) in [5.41, 5.74) is 2.55. The summed E-state index contributed by atoms with van der Waals surface area (Å²) < 4.78 is 13.2. The van der Waals surface area contributed by atoms with Crippen molar-refractivity contribution >= 4 is 5.69 Å². The van der Waals surface area contributed by atoms with Gasteiger partial charge in [0, 0.05) is 17.8 Å². The molecule has 1 heterocycles. The van der Waals surface area contributed by atoms with Crippen LogP contribution in [0.25, 0.3) is 0 Å². The van der Waals surface area contributed by atoms with Crippen molar-refractivity contribution in [2.24, 2.45) is 0 Å². The van der Waals surface area contributed by atoms with E-state index in [4.69, 9.17) is 0 Å². The standard InChI is InChI=1S/C11H12FN3/c1-8-9(7-14-15-8)6-13-11-5-3-2-4-10(11)12/h2-5,7,13H,6H2,1H3,(H,14,15). The molecule has 15 heavy (non-hydrogen) atoms. The first-order valence-corrected chi connectivity index (χ1v) is 4.74.